The van der Waals surface area contributed by atoms with Gasteiger partial charge in [-0.2, -0.15) is 5.26 Å². The van der Waals surface area contributed by atoms with Gasteiger partial charge in [0.2, 0.25) is 5.91 Å². The van der Waals surface area contributed by atoms with Crippen molar-refractivity contribution in [2.75, 3.05) is 49.1 Å². The highest BCUT2D eigenvalue weighted by atomic mass is 16.5. The van der Waals surface area contributed by atoms with E-state index in [1.165, 1.54) is 0 Å². The number of carbonyl (C=O) groups excluding carboxylic acids is 4. The number of imide groups is 1. The Morgan fingerprint density at radius 3 is 2.46 bits per heavy atom. The number of amides is 4. The lowest BCUT2D eigenvalue weighted by atomic mass is 9.92. The van der Waals surface area contributed by atoms with Crippen LogP contribution in [0, 0.1) is 17.2 Å². The van der Waals surface area contributed by atoms with E-state index in [1.807, 2.05) is 36.4 Å². The normalized spacial score (nSPS) is 25.0. The minimum atomic E-state index is -1.28. The van der Waals surface area contributed by atoms with Crippen LogP contribution in [0.3, 0.4) is 0 Å². The number of nitrogens with zero attached hydrogens (tertiary/aromatic N) is 7. The molecule has 2 aromatic carbocycles. The van der Waals surface area contributed by atoms with Crippen molar-refractivity contribution < 1.29 is 29.0 Å². The van der Waals surface area contributed by atoms with Gasteiger partial charge >= 0.3 is 0 Å². The van der Waals surface area contributed by atoms with Crippen molar-refractivity contribution in [3.63, 3.8) is 0 Å². The first-order chi connectivity index (χ1) is 29.6. The first-order valence-electron chi connectivity index (χ1n) is 21.6. The molecule has 3 N–H and O–H groups in total. The number of hydrogen-bond donors (Lipinski definition) is 3. The van der Waals surface area contributed by atoms with E-state index in [2.05, 4.69) is 43.3 Å². The molecule has 3 saturated heterocycles. The summed E-state index contributed by atoms with van der Waals surface area (Å²) in [6.45, 7) is 7.55. The molecule has 1 saturated carbocycles. The Bertz CT molecular complexity index is 2370. The number of aliphatic hydroxyl groups excluding tert-OH is 1. The van der Waals surface area contributed by atoms with E-state index in [9.17, 15) is 29.5 Å². The van der Waals surface area contributed by atoms with Crippen LogP contribution in [-0.2, 0) is 4.79 Å². The van der Waals surface area contributed by atoms with Gasteiger partial charge in [0.1, 0.15) is 23.9 Å². The molecule has 0 radical (unpaired) electrons. The van der Waals surface area contributed by atoms with Crippen molar-refractivity contribution in [1.29, 1.82) is 5.26 Å². The summed E-state index contributed by atoms with van der Waals surface area (Å²) in [4.78, 5) is 68.9. The lowest BCUT2D eigenvalue weighted by Crippen LogP contribution is -2.57. The molecule has 0 bridgehead atoms. The van der Waals surface area contributed by atoms with Gasteiger partial charge in [-0.25, -0.2) is 4.98 Å². The van der Waals surface area contributed by atoms with E-state index in [-0.39, 0.29) is 36.8 Å². The molecule has 9 rings (SSSR count). The molecule has 4 amide bonds. The fourth-order valence-electron chi connectivity index (χ4n) is 9.78. The quantitative estimate of drug-likeness (QED) is 0.205. The SMILES string of the molecule is C[C@@H]1CN(c2ccc3c(c2)C(=O)N(C2CCC(=O)NC2O)C3=O)CCN1CC1CCN(c2ccc(C(=O)NC3CCC(Oc4ccc(C#N)c5ncccc45)CC3)cn2)CC1. The number of piperidine rings is 2. The predicted octanol–water partition coefficient (Wildman–Crippen LogP) is 4.24. The molecule has 3 atom stereocenters. The van der Waals surface area contributed by atoms with E-state index in [1.54, 1.807) is 30.6 Å². The van der Waals surface area contributed by atoms with E-state index in [0.717, 1.165) is 105 Å². The van der Waals surface area contributed by atoms with Crippen molar-refractivity contribution in [2.24, 2.45) is 5.92 Å². The number of anilines is 2. The molecule has 4 aromatic rings. The highest BCUT2D eigenvalue weighted by Crippen LogP contribution is 2.34. The van der Waals surface area contributed by atoms with Crippen LogP contribution in [0.5, 0.6) is 5.75 Å². The number of ether oxygens (including phenoxy) is 1. The van der Waals surface area contributed by atoms with Gasteiger partial charge in [0.05, 0.1) is 39.9 Å². The van der Waals surface area contributed by atoms with Crippen LogP contribution in [0.15, 0.2) is 67.0 Å². The third-order valence-corrected chi connectivity index (χ3v) is 13.3. The number of carbonyl (C=O) groups is 4. The molecule has 15 heteroatoms. The summed E-state index contributed by atoms with van der Waals surface area (Å²) in [5.41, 5.74) is 3.30. The summed E-state index contributed by atoms with van der Waals surface area (Å²) in [5.74, 6) is 0.915. The zero-order valence-corrected chi connectivity index (χ0v) is 34.3. The number of pyridine rings is 2. The minimum absolute atomic E-state index is 0.0272. The van der Waals surface area contributed by atoms with E-state index in [4.69, 9.17) is 9.72 Å². The molecule has 6 heterocycles. The van der Waals surface area contributed by atoms with Crippen molar-refractivity contribution in [2.45, 2.75) is 88.7 Å². The Kier molecular flexibility index (Phi) is 11.3. The molecule has 1 aliphatic carbocycles. The van der Waals surface area contributed by atoms with Crippen LogP contribution in [0.2, 0.25) is 0 Å². The molecular formula is C46H51N9O6. The Balaban J connectivity index is 0.712. The number of piperazine rings is 1. The van der Waals surface area contributed by atoms with Crippen molar-refractivity contribution >= 4 is 46.0 Å². The summed E-state index contributed by atoms with van der Waals surface area (Å²) in [6.07, 6.45) is 7.86. The van der Waals surface area contributed by atoms with Crippen LogP contribution < -0.4 is 25.2 Å². The monoisotopic (exact) mass is 825 g/mol. The Hall–Kier alpha value is -6.11. The lowest BCUT2D eigenvalue weighted by Gasteiger charge is -2.43. The summed E-state index contributed by atoms with van der Waals surface area (Å²) in [6, 6.07) is 18.4. The third-order valence-electron chi connectivity index (χ3n) is 13.3. The number of benzene rings is 2. The fraction of sp³-hybridized carbons (Fsp3) is 0.457. The van der Waals surface area contributed by atoms with Gasteiger partial charge in [0, 0.05) is 81.2 Å². The van der Waals surface area contributed by atoms with Gasteiger partial charge in [0.25, 0.3) is 17.7 Å². The molecule has 5 aliphatic rings. The molecule has 0 spiro atoms. The Labute approximate surface area is 354 Å². The number of nitrogens with one attached hydrogen (secondary N) is 2. The molecule has 15 nitrogen and oxygen atoms in total. The highest BCUT2D eigenvalue weighted by molar-refractivity contribution is 6.22. The zero-order valence-electron chi connectivity index (χ0n) is 34.3. The second-order valence-electron chi connectivity index (χ2n) is 17.1. The number of fused-ring (bicyclic) bond motifs is 2. The first-order valence-corrected chi connectivity index (χ1v) is 21.6. The third kappa shape index (κ3) is 8.22. The molecule has 2 aromatic heterocycles. The fourth-order valence-corrected chi connectivity index (χ4v) is 9.78. The van der Waals surface area contributed by atoms with E-state index in [0.29, 0.717) is 39.7 Å². The van der Waals surface area contributed by atoms with E-state index >= 15 is 0 Å². The first kappa shape index (κ1) is 40.3. The summed E-state index contributed by atoms with van der Waals surface area (Å²) < 4.78 is 6.37. The van der Waals surface area contributed by atoms with Gasteiger partial charge in [-0.05, 0) is 112 Å². The summed E-state index contributed by atoms with van der Waals surface area (Å²) in [7, 11) is 0. The molecule has 316 valence electrons. The number of hydrogen-bond acceptors (Lipinski definition) is 12. The minimum Gasteiger partial charge on any atom is -0.490 e. The maximum atomic E-state index is 13.4. The van der Waals surface area contributed by atoms with Gasteiger partial charge in [-0.3, -0.25) is 34.0 Å². The largest absolute Gasteiger partial charge is 0.490 e. The number of rotatable bonds is 9. The van der Waals surface area contributed by atoms with Crippen LogP contribution in [0.1, 0.15) is 94.9 Å². The second-order valence-corrected chi connectivity index (χ2v) is 17.1. The van der Waals surface area contributed by atoms with Gasteiger partial charge in [-0.1, -0.05) is 0 Å². The topological polar surface area (TPSA) is 184 Å². The molecule has 2 unspecified atom stereocenters. The van der Waals surface area contributed by atoms with Crippen LogP contribution in [0.25, 0.3) is 10.9 Å². The summed E-state index contributed by atoms with van der Waals surface area (Å²) >= 11 is 0. The average Bonchev–Trinajstić information content (AvgIpc) is 3.53. The highest BCUT2D eigenvalue weighted by Gasteiger charge is 2.45. The smallest absolute Gasteiger partial charge is 0.262 e. The molecule has 4 fully saturated rings. The molecule has 61 heavy (non-hydrogen) atoms. The average molecular weight is 826 g/mol. The van der Waals surface area contributed by atoms with Crippen molar-refractivity contribution in [3.05, 3.63) is 89.2 Å². The molecular weight excluding hydrogens is 775 g/mol. The number of aliphatic hydroxyl groups is 1. The van der Waals surface area contributed by atoms with Crippen LogP contribution in [-0.4, -0.2) is 118 Å². The van der Waals surface area contributed by atoms with Crippen molar-refractivity contribution in [1.82, 2.24) is 30.4 Å². The lowest BCUT2D eigenvalue weighted by molar-refractivity contribution is -0.129. The predicted molar refractivity (Wildman–Crippen MR) is 227 cm³/mol. The van der Waals surface area contributed by atoms with E-state index < -0.39 is 24.1 Å². The maximum Gasteiger partial charge on any atom is 0.262 e. The number of nitriles is 1. The molecule has 4 aliphatic heterocycles. The Morgan fingerprint density at radius 1 is 0.918 bits per heavy atom. The zero-order chi connectivity index (χ0) is 42.2. The Morgan fingerprint density at radius 2 is 1.72 bits per heavy atom. The second kappa shape index (κ2) is 17.1. The van der Waals surface area contributed by atoms with Crippen LogP contribution >= 0.6 is 0 Å². The van der Waals surface area contributed by atoms with Crippen LogP contribution in [0.4, 0.5) is 11.5 Å². The van der Waals surface area contributed by atoms with Crippen molar-refractivity contribution in [3.8, 4) is 11.8 Å². The number of aromatic nitrogens is 2. The van der Waals surface area contributed by atoms with Gasteiger partial charge < -0.3 is 30.3 Å². The summed E-state index contributed by atoms with van der Waals surface area (Å²) in [5, 5.41) is 26.4. The van der Waals surface area contributed by atoms with Gasteiger partial charge in [0.15, 0.2) is 0 Å². The van der Waals surface area contributed by atoms with Gasteiger partial charge in [-0.15, -0.1) is 0 Å². The maximum absolute atomic E-state index is 13.4. The standard InChI is InChI=1S/C46H51N9O6/c1-28-26-54(33-8-11-35-37(23-33)46(60)55(45(35)59)38-12-15-41(56)51-44(38)58)22-21-53(28)27-29-16-19-52(20-17-29)40-14-5-31(25-49-40)43(57)50-32-6-9-34(10-7-32)61-39-13-4-30(24-47)42-36(39)3-2-18-48-42/h2-5,8,11,13-14,18,23,25,28-29,32,34,38,44,58H,6-7,9-10,12,15-17,19-22,26-27H2,1H3,(H,50,57)(H,51,56)/t28-,32?,34?,38?,44?/m1/s1.